The van der Waals surface area contributed by atoms with E-state index in [2.05, 4.69) is 4.90 Å². The van der Waals surface area contributed by atoms with Crippen LogP contribution in [0, 0.1) is 5.82 Å². The predicted molar refractivity (Wildman–Crippen MR) is 79.6 cm³/mol. The van der Waals surface area contributed by atoms with Crippen LogP contribution in [0.25, 0.3) is 0 Å². The Bertz CT molecular complexity index is 473. The molecule has 4 nitrogen and oxygen atoms in total. The van der Waals surface area contributed by atoms with Gasteiger partial charge >= 0.3 is 5.97 Å². The SMILES string of the molecule is CCN(CC(=O)O)C1CCN(Cc2cccc(F)c2)CC1. The number of halogens is 1. The molecule has 1 aliphatic heterocycles. The summed E-state index contributed by atoms with van der Waals surface area (Å²) in [5.41, 5.74) is 0.992. The van der Waals surface area contributed by atoms with Crippen LogP contribution in [0.3, 0.4) is 0 Å². The fraction of sp³-hybridized carbons (Fsp3) is 0.562. The second kappa shape index (κ2) is 7.52. The molecule has 0 bridgehead atoms. The molecule has 0 radical (unpaired) electrons. The monoisotopic (exact) mass is 294 g/mol. The van der Waals surface area contributed by atoms with E-state index in [1.807, 2.05) is 17.9 Å². The maximum absolute atomic E-state index is 13.2. The molecular weight excluding hydrogens is 271 g/mol. The minimum Gasteiger partial charge on any atom is -0.480 e. The van der Waals surface area contributed by atoms with E-state index in [9.17, 15) is 9.18 Å². The first-order valence-corrected chi connectivity index (χ1v) is 7.51. The number of nitrogens with zero attached hydrogens (tertiary/aromatic N) is 2. The Balaban J connectivity index is 1.84. The van der Waals surface area contributed by atoms with E-state index in [4.69, 9.17) is 5.11 Å². The summed E-state index contributed by atoms with van der Waals surface area (Å²) < 4.78 is 13.2. The molecule has 1 fully saturated rings. The summed E-state index contributed by atoms with van der Waals surface area (Å²) in [4.78, 5) is 15.2. The zero-order chi connectivity index (χ0) is 15.2. The smallest absolute Gasteiger partial charge is 0.317 e. The van der Waals surface area contributed by atoms with Crippen molar-refractivity contribution in [1.29, 1.82) is 0 Å². The lowest BCUT2D eigenvalue weighted by Crippen LogP contribution is -2.46. The van der Waals surface area contributed by atoms with Crippen LogP contribution >= 0.6 is 0 Å². The van der Waals surface area contributed by atoms with Crippen LogP contribution < -0.4 is 0 Å². The quantitative estimate of drug-likeness (QED) is 0.873. The zero-order valence-electron chi connectivity index (χ0n) is 12.5. The predicted octanol–water partition coefficient (Wildman–Crippen LogP) is 2.20. The Kier molecular flexibility index (Phi) is 5.70. The summed E-state index contributed by atoms with van der Waals surface area (Å²) in [6, 6.07) is 7.06. The van der Waals surface area contributed by atoms with E-state index >= 15 is 0 Å². The van der Waals surface area contributed by atoms with E-state index in [-0.39, 0.29) is 12.4 Å². The van der Waals surface area contributed by atoms with E-state index in [0.29, 0.717) is 6.04 Å². The van der Waals surface area contributed by atoms with Gasteiger partial charge in [0.05, 0.1) is 6.54 Å². The number of carbonyl (C=O) groups is 1. The van der Waals surface area contributed by atoms with Gasteiger partial charge in [-0.2, -0.15) is 0 Å². The van der Waals surface area contributed by atoms with Crippen molar-refractivity contribution >= 4 is 5.97 Å². The highest BCUT2D eigenvalue weighted by atomic mass is 19.1. The van der Waals surface area contributed by atoms with Gasteiger partial charge in [-0.05, 0) is 50.2 Å². The summed E-state index contributed by atoms with van der Waals surface area (Å²) in [7, 11) is 0. The Morgan fingerprint density at radius 2 is 2.14 bits per heavy atom. The van der Waals surface area contributed by atoms with E-state index in [0.717, 1.165) is 44.6 Å². The Morgan fingerprint density at radius 1 is 1.43 bits per heavy atom. The molecule has 0 unspecified atom stereocenters. The number of carboxylic acid groups (broad SMARTS) is 1. The van der Waals surface area contributed by atoms with Gasteiger partial charge in [0.15, 0.2) is 0 Å². The summed E-state index contributed by atoms with van der Waals surface area (Å²) in [6.07, 6.45) is 1.94. The van der Waals surface area contributed by atoms with Gasteiger partial charge < -0.3 is 5.11 Å². The number of aliphatic carboxylic acids is 1. The molecule has 1 aromatic rings. The maximum atomic E-state index is 13.2. The number of piperidine rings is 1. The van der Waals surface area contributed by atoms with Crippen LogP contribution in [-0.2, 0) is 11.3 Å². The molecule has 0 spiro atoms. The molecular formula is C16H23FN2O2. The Hall–Kier alpha value is -1.46. The second-order valence-corrected chi connectivity index (χ2v) is 5.59. The zero-order valence-corrected chi connectivity index (χ0v) is 12.5. The topological polar surface area (TPSA) is 43.8 Å². The van der Waals surface area contributed by atoms with Gasteiger partial charge in [0, 0.05) is 12.6 Å². The van der Waals surface area contributed by atoms with E-state index < -0.39 is 5.97 Å². The fourth-order valence-corrected chi connectivity index (χ4v) is 3.01. The van der Waals surface area contributed by atoms with Crippen molar-refractivity contribution in [2.45, 2.75) is 32.4 Å². The lowest BCUT2D eigenvalue weighted by atomic mass is 10.0. The number of likely N-dealkylation sites (N-methyl/N-ethyl adjacent to an activating group) is 1. The van der Waals surface area contributed by atoms with Gasteiger partial charge in [-0.25, -0.2) is 4.39 Å². The first kappa shape index (κ1) is 15.9. The van der Waals surface area contributed by atoms with E-state index in [1.165, 1.54) is 6.07 Å². The first-order valence-electron chi connectivity index (χ1n) is 7.51. The van der Waals surface area contributed by atoms with Crippen molar-refractivity contribution in [3.05, 3.63) is 35.6 Å². The van der Waals surface area contributed by atoms with Crippen LogP contribution in [0.15, 0.2) is 24.3 Å². The van der Waals surface area contributed by atoms with Gasteiger partial charge in [0.25, 0.3) is 0 Å². The number of carboxylic acids is 1. The largest absolute Gasteiger partial charge is 0.480 e. The average Bonchev–Trinajstić information content (AvgIpc) is 2.45. The van der Waals surface area contributed by atoms with Gasteiger partial charge in [-0.3, -0.25) is 14.6 Å². The molecule has 0 atom stereocenters. The normalized spacial score (nSPS) is 17.3. The number of likely N-dealkylation sites (tertiary alicyclic amines) is 1. The van der Waals surface area contributed by atoms with Crippen molar-refractivity contribution in [2.75, 3.05) is 26.2 Å². The van der Waals surface area contributed by atoms with Gasteiger partial charge in [-0.15, -0.1) is 0 Å². The molecule has 1 N–H and O–H groups in total. The lowest BCUT2D eigenvalue weighted by Gasteiger charge is -2.37. The summed E-state index contributed by atoms with van der Waals surface area (Å²) in [5.74, 6) is -0.958. The highest BCUT2D eigenvalue weighted by Gasteiger charge is 2.24. The van der Waals surface area contributed by atoms with Gasteiger partial charge in [0.2, 0.25) is 0 Å². The molecule has 21 heavy (non-hydrogen) atoms. The van der Waals surface area contributed by atoms with Crippen molar-refractivity contribution in [2.24, 2.45) is 0 Å². The van der Waals surface area contributed by atoms with Crippen molar-refractivity contribution in [3.63, 3.8) is 0 Å². The molecule has 0 aromatic heterocycles. The summed E-state index contributed by atoms with van der Waals surface area (Å²) in [6.45, 7) is 5.50. The van der Waals surface area contributed by atoms with Crippen LogP contribution in [0.1, 0.15) is 25.3 Å². The number of hydrogen-bond donors (Lipinski definition) is 1. The molecule has 1 aliphatic rings. The minimum absolute atomic E-state index is 0.116. The van der Waals surface area contributed by atoms with Crippen LogP contribution in [-0.4, -0.2) is 53.1 Å². The highest BCUT2D eigenvalue weighted by molar-refractivity contribution is 5.69. The molecule has 0 aliphatic carbocycles. The first-order chi connectivity index (χ1) is 10.1. The Morgan fingerprint density at radius 3 is 2.71 bits per heavy atom. The second-order valence-electron chi connectivity index (χ2n) is 5.59. The third-order valence-electron chi connectivity index (χ3n) is 4.11. The molecule has 1 aromatic carbocycles. The maximum Gasteiger partial charge on any atom is 0.317 e. The lowest BCUT2D eigenvalue weighted by molar-refractivity contribution is -0.139. The van der Waals surface area contributed by atoms with Crippen LogP contribution in [0.4, 0.5) is 4.39 Å². The number of hydrogen-bond acceptors (Lipinski definition) is 3. The number of benzene rings is 1. The standard InChI is InChI=1S/C16H23FN2O2/c1-2-19(12-16(20)21)15-6-8-18(9-7-15)11-13-4-3-5-14(17)10-13/h3-5,10,15H,2,6-9,11-12H2,1H3,(H,20,21). The third-order valence-corrected chi connectivity index (χ3v) is 4.11. The molecule has 116 valence electrons. The third kappa shape index (κ3) is 4.79. The molecule has 1 heterocycles. The molecule has 5 heteroatoms. The molecule has 1 saturated heterocycles. The van der Waals surface area contributed by atoms with Crippen molar-refractivity contribution in [3.8, 4) is 0 Å². The average molecular weight is 294 g/mol. The fourth-order valence-electron chi connectivity index (χ4n) is 3.01. The van der Waals surface area contributed by atoms with Gasteiger partial charge in [0.1, 0.15) is 5.82 Å². The van der Waals surface area contributed by atoms with E-state index in [1.54, 1.807) is 12.1 Å². The number of rotatable bonds is 6. The highest BCUT2D eigenvalue weighted by Crippen LogP contribution is 2.18. The minimum atomic E-state index is -0.765. The summed E-state index contributed by atoms with van der Waals surface area (Å²) in [5, 5.41) is 8.93. The van der Waals surface area contributed by atoms with Gasteiger partial charge in [-0.1, -0.05) is 19.1 Å². The molecule has 0 amide bonds. The van der Waals surface area contributed by atoms with Crippen LogP contribution in [0.2, 0.25) is 0 Å². The molecule has 2 rings (SSSR count). The Labute approximate surface area is 125 Å². The van der Waals surface area contributed by atoms with Crippen molar-refractivity contribution < 1.29 is 14.3 Å². The van der Waals surface area contributed by atoms with Crippen LogP contribution in [0.5, 0.6) is 0 Å². The molecule has 0 saturated carbocycles. The summed E-state index contributed by atoms with van der Waals surface area (Å²) >= 11 is 0. The van der Waals surface area contributed by atoms with Crippen molar-refractivity contribution in [1.82, 2.24) is 9.80 Å².